The Morgan fingerprint density at radius 3 is 2.71 bits per heavy atom. The second-order valence-electron chi connectivity index (χ2n) is 7.01. The number of alkyl halides is 3. The van der Waals surface area contributed by atoms with Gasteiger partial charge in [-0.05, 0) is 49.7 Å². The molecule has 4 rings (SSSR count). The van der Waals surface area contributed by atoms with Crippen LogP contribution in [0.2, 0.25) is 0 Å². The summed E-state index contributed by atoms with van der Waals surface area (Å²) in [7, 11) is 0. The number of nitrogens with zero attached hydrogens (tertiary/aromatic N) is 3. The predicted octanol–water partition coefficient (Wildman–Crippen LogP) is 5.16. The zero-order valence-corrected chi connectivity index (χ0v) is 16.7. The van der Waals surface area contributed by atoms with E-state index >= 15 is 0 Å². The van der Waals surface area contributed by atoms with E-state index in [1.54, 1.807) is 6.07 Å². The third-order valence-electron chi connectivity index (χ3n) is 4.91. The van der Waals surface area contributed by atoms with Crippen LogP contribution in [0.15, 0.2) is 48.7 Å². The van der Waals surface area contributed by atoms with Crippen LogP contribution in [0.5, 0.6) is 0 Å². The highest BCUT2D eigenvalue weighted by Crippen LogP contribution is 2.30. The first kappa shape index (κ1) is 20.5. The molecule has 158 valence electrons. The smallest absolute Gasteiger partial charge is 0.321 e. The summed E-state index contributed by atoms with van der Waals surface area (Å²) in [6.07, 6.45) is -2.30. The summed E-state index contributed by atoms with van der Waals surface area (Å²) in [5.74, 6) is -0.660. The number of halogens is 3. The number of rotatable bonds is 4. The molecule has 0 spiro atoms. The molecule has 4 aromatic rings. The highest BCUT2D eigenvalue weighted by molar-refractivity contribution is 6.04. The summed E-state index contributed by atoms with van der Waals surface area (Å²) in [5.41, 5.74) is 2.96. The quantitative estimate of drug-likeness (QED) is 0.473. The van der Waals surface area contributed by atoms with Crippen LogP contribution in [-0.4, -0.2) is 26.1 Å². The molecule has 3 aromatic heterocycles. The zero-order chi connectivity index (χ0) is 22.2. The second-order valence-corrected chi connectivity index (χ2v) is 7.01. The first-order valence-corrected chi connectivity index (χ1v) is 9.56. The fourth-order valence-corrected chi connectivity index (χ4v) is 3.28. The fraction of sp³-hybridized carbons (Fsp3) is 0.182. The molecule has 0 saturated carbocycles. The van der Waals surface area contributed by atoms with Crippen molar-refractivity contribution in [3.05, 3.63) is 71.2 Å². The fourth-order valence-electron chi connectivity index (χ4n) is 3.28. The number of aromatic nitrogens is 4. The number of anilines is 1. The number of carbonyl (C=O) groups excluding carboxylic acids is 1. The van der Waals surface area contributed by atoms with E-state index in [0.717, 1.165) is 29.6 Å². The van der Waals surface area contributed by atoms with E-state index in [-0.39, 0.29) is 5.56 Å². The molecule has 0 aliphatic rings. The highest BCUT2D eigenvalue weighted by Gasteiger charge is 2.30. The lowest BCUT2D eigenvalue weighted by Crippen LogP contribution is -2.14. The van der Waals surface area contributed by atoms with Gasteiger partial charge in [-0.25, -0.2) is 4.98 Å². The minimum atomic E-state index is -4.52. The average molecular weight is 425 g/mol. The Kier molecular flexibility index (Phi) is 5.18. The maximum Gasteiger partial charge on any atom is 0.416 e. The van der Waals surface area contributed by atoms with E-state index in [1.807, 2.05) is 26.0 Å². The van der Waals surface area contributed by atoms with E-state index in [2.05, 4.69) is 25.5 Å². The van der Waals surface area contributed by atoms with Gasteiger partial charge in [0.2, 0.25) is 0 Å². The lowest BCUT2D eigenvalue weighted by atomic mass is 10.1. The molecular weight excluding hydrogens is 407 g/mol. The third-order valence-corrected chi connectivity index (χ3v) is 4.91. The number of aromatic amines is 1. The van der Waals surface area contributed by atoms with Gasteiger partial charge >= 0.3 is 6.18 Å². The van der Waals surface area contributed by atoms with Crippen LogP contribution >= 0.6 is 0 Å². The summed E-state index contributed by atoms with van der Waals surface area (Å²) in [6.45, 7) is 3.82. The van der Waals surface area contributed by atoms with Gasteiger partial charge in [0, 0.05) is 22.2 Å². The van der Waals surface area contributed by atoms with E-state index in [1.165, 1.54) is 18.3 Å². The molecule has 1 aromatic carbocycles. The van der Waals surface area contributed by atoms with Crippen molar-refractivity contribution in [3.8, 4) is 11.3 Å². The van der Waals surface area contributed by atoms with Crippen LogP contribution < -0.4 is 5.32 Å². The monoisotopic (exact) mass is 425 g/mol. The number of hydrogen-bond acceptors (Lipinski definition) is 4. The van der Waals surface area contributed by atoms with Gasteiger partial charge < -0.3 is 5.32 Å². The van der Waals surface area contributed by atoms with Gasteiger partial charge in [-0.2, -0.15) is 18.3 Å². The van der Waals surface area contributed by atoms with E-state index < -0.39 is 17.6 Å². The van der Waals surface area contributed by atoms with Gasteiger partial charge in [0.25, 0.3) is 5.91 Å². The molecule has 0 bridgehead atoms. The van der Waals surface area contributed by atoms with Crippen molar-refractivity contribution in [3.63, 3.8) is 0 Å². The Labute approximate surface area is 175 Å². The van der Waals surface area contributed by atoms with Crippen LogP contribution in [0, 0.1) is 6.92 Å². The summed E-state index contributed by atoms with van der Waals surface area (Å²) in [4.78, 5) is 21.4. The second kappa shape index (κ2) is 7.82. The minimum Gasteiger partial charge on any atom is -0.321 e. The van der Waals surface area contributed by atoms with Crippen molar-refractivity contribution in [2.45, 2.75) is 26.4 Å². The van der Waals surface area contributed by atoms with Gasteiger partial charge in [-0.3, -0.25) is 14.9 Å². The summed E-state index contributed by atoms with van der Waals surface area (Å²) < 4.78 is 38.8. The molecule has 0 saturated heterocycles. The van der Waals surface area contributed by atoms with Crippen molar-refractivity contribution in [2.24, 2.45) is 0 Å². The van der Waals surface area contributed by atoms with Crippen molar-refractivity contribution in [2.75, 3.05) is 5.32 Å². The number of fused-ring (bicyclic) bond motifs is 1. The van der Waals surface area contributed by atoms with Gasteiger partial charge in [-0.1, -0.05) is 13.0 Å². The topological polar surface area (TPSA) is 83.6 Å². The molecule has 0 radical (unpaired) electrons. The maximum absolute atomic E-state index is 12.9. The van der Waals surface area contributed by atoms with Crippen LogP contribution in [0.25, 0.3) is 22.3 Å². The Hall–Kier alpha value is -3.75. The first-order valence-electron chi connectivity index (χ1n) is 9.56. The number of hydrogen-bond donors (Lipinski definition) is 2. The summed E-state index contributed by atoms with van der Waals surface area (Å²) in [5, 5.41) is 10.7. The largest absolute Gasteiger partial charge is 0.416 e. The Balaban J connectivity index is 1.63. The molecule has 2 N–H and O–H groups in total. The van der Waals surface area contributed by atoms with Crippen molar-refractivity contribution in [1.29, 1.82) is 0 Å². The number of H-pyrrole nitrogens is 1. The van der Waals surface area contributed by atoms with E-state index in [4.69, 9.17) is 0 Å². The molecule has 31 heavy (non-hydrogen) atoms. The van der Waals surface area contributed by atoms with Crippen molar-refractivity contribution < 1.29 is 18.0 Å². The highest BCUT2D eigenvalue weighted by atomic mass is 19.4. The molecule has 0 unspecified atom stereocenters. The number of amides is 1. The van der Waals surface area contributed by atoms with Gasteiger partial charge in [0.05, 0.1) is 28.8 Å². The minimum absolute atomic E-state index is 0.0963. The Morgan fingerprint density at radius 1 is 1.16 bits per heavy atom. The standard InChI is InChI=1S/C22H18F3N5O/c1-3-18-16-7-8-19(28-20(16)30-29-18)17-10-15(11-26-12(17)2)27-21(31)13-5-4-6-14(9-13)22(23,24)25/h4-11H,3H2,1-2H3,(H,27,31)(H,28,29,30). The predicted molar refractivity (Wildman–Crippen MR) is 111 cm³/mol. The Morgan fingerprint density at radius 2 is 1.97 bits per heavy atom. The Bertz CT molecular complexity index is 1280. The van der Waals surface area contributed by atoms with Crippen molar-refractivity contribution in [1.82, 2.24) is 20.2 Å². The number of carbonyl (C=O) groups is 1. The molecule has 9 heteroatoms. The molecule has 6 nitrogen and oxygen atoms in total. The van der Waals surface area contributed by atoms with E-state index in [0.29, 0.717) is 28.3 Å². The number of aryl methyl sites for hydroxylation is 2. The van der Waals surface area contributed by atoms with E-state index in [9.17, 15) is 18.0 Å². The van der Waals surface area contributed by atoms with Gasteiger partial charge in [0.1, 0.15) is 0 Å². The molecule has 0 aliphatic carbocycles. The molecule has 3 heterocycles. The number of pyridine rings is 2. The maximum atomic E-state index is 12.9. The van der Waals surface area contributed by atoms with Crippen LogP contribution in [0.4, 0.5) is 18.9 Å². The lowest BCUT2D eigenvalue weighted by Gasteiger charge is -2.11. The SMILES string of the molecule is CCc1n[nH]c2nc(-c3cc(NC(=O)c4cccc(C(F)(F)F)c4)cnc3C)ccc12. The van der Waals surface area contributed by atoms with Gasteiger partial charge in [-0.15, -0.1) is 0 Å². The van der Waals surface area contributed by atoms with Crippen molar-refractivity contribution >= 4 is 22.6 Å². The molecule has 1 amide bonds. The van der Waals surface area contributed by atoms with Crippen LogP contribution in [-0.2, 0) is 12.6 Å². The first-order chi connectivity index (χ1) is 14.8. The molecule has 0 aliphatic heterocycles. The number of nitrogens with one attached hydrogen (secondary N) is 2. The molecule has 0 fully saturated rings. The zero-order valence-electron chi connectivity index (χ0n) is 16.7. The lowest BCUT2D eigenvalue weighted by molar-refractivity contribution is -0.137. The third kappa shape index (κ3) is 4.11. The molecular formula is C22H18F3N5O. The van der Waals surface area contributed by atoms with Gasteiger partial charge in [0.15, 0.2) is 5.65 Å². The van der Waals surface area contributed by atoms with Crippen LogP contribution in [0.3, 0.4) is 0 Å². The summed E-state index contributed by atoms with van der Waals surface area (Å²) >= 11 is 0. The normalized spacial score (nSPS) is 11.6. The summed E-state index contributed by atoms with van der Waals surface area (Å²) in [6, 6.07) is 9.73. The van der Waals surface area contributed by atoms with Crippen LogP contribution in [0.1, 0.15) is 34.2 Å². The number of benzene rings is 1. The molecule has 0 atom stereocenters. The average Bonchev–Trinajstić information content (AvgIpc) is 3.17.